The van der Waals surface area contributed by atoms with E-state index in [-0.39, 0.29) is 0 Å². The van der Waals surface area contributed by atoms with Gasteiger partial charge in [-0.25, -0.2) is 14.8 Å². The van der Waals surface area contributed by atoms with Crippen LogP contribution in [0.1, 0.15) is 24.9 Å². The molecule has 0 fully saturated rings. The highest BCUT2D eigenvalue weighted by atomic mass is 16.5. The largest absolute Gasteiger partial charge is 0.481 e. The maximum Gasteiger partial charge on any atom is 0.317 e. The molecule has 0 bridgehead atoms. The van der Waals surface area contributed by atoms with Gasteiger partial charge in [0.15, 0.2) is 11.5 Å². The quantitative estimate of drug-likeness (QED) is 0.766. The molecule has 3 N–H and O–H groups in total. The minimum absolute atomic E-state index is 0.379. The highest BCUT2D eigenvalue weighted by Crippen LogP contribution is 2.27. The van der Waals surface area contributed by atoms with Gasteiger partial charge in [0.1, 0.15) is 16.9 Å². The van der Waals surface area contributed by atoms with Crippen LogP contribution in [0.25, 0.3) is 16.7 Å². The predicted molar refractivity (Wildman–Crippen MR) is 86.8 cm³/mol. The number of carbonyl (C=O) groups excluding carboxylic acids is 1. The summed E-state index contributed by atoms with van der Waals surface area (Å²) in [7, 11) is 1.56. The number of aryl methyl sites for hydroxylation is 2. The number of nitrogens with two attached hydrogens (primary N) is 1. The smallest absolute Gasteiger partial charge is 0.317 e. The molecule has 0 aliphatic rings. The normalized spacial score (nSPS) is 11.1. The number of carbonyl (C=O) groups is 1. The number of rotatable bonds is 4. The summed E-state index contributed by atoms with van der Waals surface area (Å²) in [6.45, 7) is 3.95. The number of primary amides is 1. The molecular weight excluding hydrogens is 296 g/mol. The van der Waals surface area contributed by atoms with Crippen molar-refractivity contribution in [1.82, 2.24) is 19.4 Å². The first-order valence-corrected chi connectivity index (χ1v) is 7.34. The molecule has 3 aromatic heterocycles. The van der Waals surface area contributed by atoms with Gasteiger partial charge in [-0.3, -0.25) is 9.72 Å². The van der Waals surface area contributed by atoms with Crippen molar-refractivity contribution in [1.29, 1.82) is 0 Å². The maximum atomic E-state index is 11.3. The lowest BCUT2D eigenvalue weighted by Gasteiger charge is -2.10. The number of nitrogens with zero attached hydrogens (tertiary/aromatic N) is 4. The van der Waals surface area contributed by atoms with Crippen molar-refractivity contribution >= 4 is 28.5 Å². The zero-order valence-electron chi connectivity index (χ0n) is 13.3. The number of methoxy groups -OCH3 is 1. The van der Waals surface area contributed by atoms with E-state index < -0.39 is 6.03 Å². The predicted octanol–water partition coefficient (Wildman–Crippen LogP) is 2.04. The monoisotopic (exact) mass is 314 g/mol. The van der Waals surface area contributed by atoms with Gasteiger partial charge in [-0.2, -0.15) is 4.98 Å². The molecule has 0 aromatic carbocycles. The third-order valence-electron chi connectivity index (χ3n) is 3.54. The number of urea groups is 1. The summed E-state index contributed by atoms with van der Waals surface area (Å²) < 4.78 is 7.12. The average molecular weight is 314 g/mol. The van der Waals surface area contributed by atoms with Gasteiger partial charge in [-0.1, -0.05) is 6.92 Å². The van der Waals surface area contributed by atoms with Gasteiger partial charge in [0.05, 0.1) is 12.8 Å². The van der Waals surface area contributed by atoms with E-state index in [0.29, 0.717) is 28.4 Å². The van der Waals surface area contributed by atoms with Gasteiger partial charge < -0.3 is 10.5 Å². The van der Waals surface area contributed by atoms with Crippen LogP contribution in [0.4, 0.5) is 10.6 Å². The lowest BCUT2D eigenvalue weighted by molar-refractivity contribution is 0.259. The third kappa shape index (κ3) is 2.52. The first-order chi connectivity index (χ1) is 11.0. The van der Waals surface area contributed by atoms with Gasteiger partial charge in [0.25, 0.3) is 0 Å². The summed E-state index contributed by atoms with van der Waals surface area (Å²) in [6.07, 6.45) is 1.72. The van der Waals surface area contributed by atoms with Crippen molar-refractivity contribution in [3.63, 3.8) is 0 Å². The average Bonchev–Trinajstić information content (AvgIpc) is 2.84. The Bertz CT molecular complexity index is 902. The molecule has 0 unspecified atom stereocenters. The molecule has 23 heavy (non-hydrogen) atoms. The fraction of sp³-hybridized carbons (Fsp3) is 0.333. The first kappa shape index (κ1) is 15.0. The van der Waals surface area contributed by atoms with Crippen LogP contribution < -0.4 is 15.8 Å². The first-order valence-electron chi connectivity index (χ1n) is 7.34. The van der Waals surface area contributed by atoms with Crippen molar-refractivity contribution < 1.29 is 9.53 Å². The standard InChI is InChI=1S/C15H18N6O2/c1-4-5-10-17-8(2)12-13(20-15(16)22)18-9-6-7-11(23-3)19-14(9)21(10)12/h6-7H,4-5H2,1-3H3,(H3,16,18,20,22). The van der Waals surface area contributed by atoms with Crippen LogP contribution in [0.5, 0.6) is 5.88 Å². The number of amides is 2. The second kappa shape index (κ2) is 5.71. The van der Waals surface area contributed by atoms with E-state index >= 15 is 0 Å². The van der Waals surface area contributed by atoms with Crippen LogP contribution in [-0.4, -0.2) is 32.5 Å². The topological polar surface area (TPSA) is 107 Å². The fourth-order valence-corrected chi connectivity index (χ4v) is 2.65. The van der Waals surface area contributed by atoms with Gasteiger partial charge in [-0.05, 0) is 19.4 Å². The number of hydrogen-bond acceptors (Lipinski definition) is 5. The van der Waals surface area contributed by atoms with Crippen molar-refractivity contribution in [2.45, 2.75) is 26.7 Å². The third-order valence-corrected chi connectivity index (χ3v) is 3.54. The number of imidazole rings is 1. The molecule has 0 aliphatic carbocycles. The summed E-state index contributed by atoms with van der Waals surface area (Å²) in [5.74, 6) is 1.73. The summed E-state index contributed by atoms with van der Waals surface area (Å²) in [5.41, 5.74) is 7.98. The molecule has 3 heterocycles. The SMILES string of the molecule is CCCc1nc(C)c2c(NC(N)=O)nc3ccc(OC)nc3n12. The number of nitrogens with one attached hydrogen (secondary N) is 1. The Labute approximate surface area is 132 Å². The van der Waals surface area contributed by atoms with Crippen LogP contribution in [0.3, 0.4) is 0 Å². The molecule has 0 spiro atoms. The zero-order valence-corrected chi connectivity index (χ0v) is 13.3. The van der Waals surface area contributed by atoms with Crippen molar-refractivity contribution in [3.05, 3.63) is 23.7 Å². The molecule has 0 atom stereocenters. The second-order valence-corrected chi connectivity index (χ2v) is 5.19. The Morgan fingerprint density at radius 1 is 1.35 bits per heavy atom. The molecule has 8 nitrogen and oxygen atoms in total. The van der Waals surface area contributed by atoms with Crippen molar-refractivity contribution in [2.75, 3.05) is 12.4 Å². The van der Waals surface area contributed by atoms with E-state index in [2.05, 4.69) is 27.2 Å². The lowest BCUT2D eigenvalue weighted by Crippen LogP contribution is -2.21. The molecular formula is C15H18N6O2. The summed E-state index contributed by atoms with van der Waals surface area (Å²) >= 11 is 0. The number of fused-ring (bicyclic) bond motifs is 3. The van der Waals surface area contributed by atoms with E-state index in [9.17, 15) is 4.79 Å². The van der Waals surface area contributed by atoms with Gasteiger partial charge in [-0.15, -0.1) is 0 Å². The van der Waals surface area contributed by atoms with E-state index in [1.165, 1.54) is 0 Å². The molecule has 0 saturated carbocycles. The highest BCUT2D eigenvalue weighted by Gasteiger charge is 2.18. The zero-order chi connectivity index (χ0) is 16.6. The van der Waals surface area contributed by atoms with Crippen molar-refractivity contribution in [2.24, 2.45) is 5.73 Å². The summed E-state index contributed by atoms with van der Waals surface area (Å²) in [6, 6.07) is 2.84. The molecule has 0 aliphatic heterocycles. The van der Waals surface area contributed by atoms with E-state index in [0.717, 1.165) is 24.4 Å². The Morgan fingerprint density at radius 2 is 2.13 bits per heavy atom. The van der Waals surface area contributed by atoms with Crippen LogP contribution in [0, 0.1) is 6.92 Å². The van der Waals surface area contributed by atoms with Gasteiger partial charge in [0, 0.05) is 12.5 Å². The van der Waals surface area contributed by atoms with E-state index in [4.69, 9.17) is 10.5 Å². The van der Waals surface area contributed by atoms with Crippen molar-refractivity contribution in [3.8, 4) is 5.88 Å². The Kier molecular flexibility index (Phi) is 3.73. The highest BCUT2D eigenvalue weighted by molar-refractivity contribution is 5.94. The number of pyridine rings is 1. The van der Waals surface area contributed by atoms with Crippen LogP contribution in [0.2, 0.25) is 0 Å². The number of anilines is 1. The van der Waals surface area contributed by atoms with Crippen LogP contribution in [-0.2, 0) is 6.42 Å². The molecule has 0 radical (unpaired) electrons. The molecule has 3 rings (SSSR count). The second-order valence-electron chi connectivity index (χ2n) is 5.19. The van der Waals surface area contributed by atoms with E-state index in [1.54, 1.807) is 19.2 Å². The van der Waals surface area contributed by atoms with Gasteiger partial charge >= 0.3 is 6.03 Å². The molecule has 8 heteroatoms. The fourth-order valence-electron chi connectivity index (χ4n) is 2.65. The number of aromatic nitrogens is 4. The van der Waals surface area contributed by atoms with E-state index in [1.807, 2.05) is 11.3 Å². The lowest BCUT2D eigenvalue weighted by atomic mass is 10.3. The Hall–Kier alpha value is -2.90. The summed E-state index contributed by atoms with van der Waals surface area (Å²) in [5, 5.41) is 2.57. The number of ether oxygens (including phenoxy) is 1. The minimum Gasteiger partial charge on any atom is -0.481 e. The number of hydrogen-bond donors (Lipinski definition) is 2. The molecule has 2 amide bonds. The van der Waals surface area contributed by atoms with Crippen LogP contribution in [0.15, 0.2) is 12.1 Å². The molecule has 3 aromatic rings. The van der Waals surface area contributed by atoms with Gasteiger partial charge in [0.2, 0.25) is 5.88 Å². The molecule has 0 saturated heterocycles. The maximum absolute atomic E-state index is 11.3. The van der Waals surface area contributed by atoms with Crippen LogP contribution >= 0.6 is 0 Å². The Balaban J connectivity index is 2.43. The molecule has 120 valence electrons. The Morgan fingerprint density at radius 3 is 2.78 bits per heavy atom. The minimum atomic E-state index is -0.669. The summed E-state index contributed by atoms with van der Waals surface area (Å²) in [4.78, 5) is 24.9.